The third-order valence-electron chi connectivity index (χ3n) is 8.83. The van der Waals surface area contributed by atoms with E-state index in [0.29, 0.717) is 49.5 Å². The van der Waals surface area contributed by atoms with Crippen LogP contribution >= 0.6 is 0 Å². The lowest BCUT2D eigenvalue weighted by Gasteiger charge is -2.40. The Morgan fingerprint density at radius 1 is 0.978 bits per heavy atom. The Hall–Kier alpha value is -4.60. The molecule has 3 aromatic rings. The lowest BCUT2D eigenvalue weighted by molar-refractivity contribution is 0.0115. The molecule has 236 valence electrons. The van der Waals surface area contributed by atoms with Gasteiger partial charge in [-0.2, -0.15) is 5.26 Å². The van der Waals surface area contributed by atoms with E-state index < -0.39 is 0 Å². The third kappa shape index (κ3) is 7.05. The summed E-state index contributed by atoms with van der Waals surface area (Å²) >= 11 is 0. The minimum Gasteiger partial charge on any atom is -0.494 e. The Kier molecular flexibility index (Phi) is 9.47. The lowest BCUT2D eigenvalue weighted by Crippen LogP contribution is -2.49. The van der Waals surface area contributed by atoms with Crippen LogP contribution in [0.15, 0.2) is 48.8 Å². The molecule has 2 amide bonds. The molecule has 1 N–H and O–H groups in total. The van der Waals surface area contributed by atoms with Gasteiger partial charge in [-0.1, -0.05) is 6.07 Å². The van der Waals surface area contributed by atoms with E-state index in [1.54, 1.807) is 42.4 Å². The topological polar surface area (TPSA) is 119 Å². The number of benzene rings is 2. The van der Waals surface area contributed by atoms with Gasteiger partial charge in [0.2, 0.25) is 5.95 Å². The first-order valence-corrected chi connectivity index (χ1v) is 15.5. The number of rotatable bonds is 10. The highest BCUT2D eigenvalue weighted by atomic mass is 16.5. The molecule has 0 saturated carbocycles. The fraction of sp³-hybridized carbons (Fsp3) is 0.455. The molecule has 4 heterocycles. The van der Waals surface area contributed by atoms with Crippen molar-refractivity contribution in [1.29, 1.82) is 5.26 Å². The number of likely N-dealkylation sites (N-methyl/N-ethyl adjacent to an activating group) is 1. The lowest BCUT2D eigenvalue weighted by atomic mass is 10.0. The molecule has 3 aliphatic rings. The molecule has 1 aromatic heterocycles. The SMILES string of the molecule is COc1cc(N2CCC(N3CCOCC3)CC2)ccc1Nc1ncc(-c2ccc(C#N)c(OCCN3CCN(C)C3=O)c2)cn1. The number of hydrogen-bond acceptors (Lipinski definition) is 10. The minimum atomic E-state index is -0.00734. The van der Waals surface area contributed by atoms with Crippen LogP contribution < -0.4 is 19.7 Å². The van der Waals surface area contributed by atoms with Crippen LogP contribution in [0, 0.1) is 11.3 Å². The van der Waals surface area contributed by atoms with Gasteiger partial charge in [0.15, 0.2) is 0 Å². The maximum absolute atomic E-state index is 12.1. The first kappa shape index (κ1) is 30.4. The summed E-state index contributed by atoms with van der Waals surface area (Å²) in [4.78, 5) is 29.6. The van der Waals surface area contributed by atoms with Gasteiger partial charge in [-0.25, -0.2) is 14.8 Å². The second-order valence-corrected chi connectivity index (χ2v) is 11.5. The van der Waals surface area contributed by atoms with Crippen LogP contribution in [0.2, 0.25) is 0 Å². The van der Waals surface area contributed by atoms with E-state index in [1.165, 1.54) is 0 Å². The molecule has 0 unspecified atom stereocenters. The number of carbonyl (C=O) groups excluding carboxylic acids is 1. The van der Waals surface area contributed by atoms with Gasteiger partial charge in [-0.05, 0) is 42.7 Å². The van der Waals surface area contributed by atoms with E-state index >= 15 is 0 Å². The normalized spacial score (nSPS) is 17.8. The zero-order chi connectivity index (χ0) is 31.2. The Morgan fingerprint density at radius 2 is 1.76 bits per heavy atom. The number of ether oxygens (including phenoxy) is 3. The average Bonchev–Trinajstić information content (AvgIpc) is 3.41. The number of piperidine rings is 1. The number of methoxy groups -OCH3 is 1. The molecule has 3 aliphatic heterocycles. The van der Waals surface area contributed by atoms with Crippen molar-refractivity contribution in [2.45, 2.75) is 18.9 Å². The van der Waals surface area contributed by atoms with Crippen molar-refractivity contribution in [2.75, 3.05) is 90.0 Å². The molecular formula is C33H40N8O4. The zero-order valence-electron chi connectivity index (χ0n) is 25.9. The number of aromatic nitrogens is 2. The van der Waals surface area contributed by atoms with Gasteiger partial charge in [0, 0.05) is 82.1 Å². The Bertz CT molecular complexity index is 1510. The summed E-state index contributed by atoms with van der Waals surface area (Å²) in [6.45, 7) is 7.91. The summed E-state index contributed by atoms with van der Waals surface area (Å²) in [6, 6.07) is 14.4. The van der Waals surface area contributed by atoms with Crippen LogP contribution in [0.25, 0.3) is 11.1 Å². The molecule has 45 heavy (non-hydrogen) atoms. The molecule has 2 aromatic carbocycles. The van der Waals surface area contributed by atoms with Crippen LogP contribution in [0.3, 0.4) is 0 Å². The Labute approximate surface area is 264 Å². The van der Waals surface area contributed by atoms with Gasteiger partial charge in [0.05, 0.1) is 38.1 Å². The predicted molar refractivity (Wildman–Crippen MR) is 171 cm³/mol. The van der Waals surface area contributed by atoms with Gasteiger partial charge < -0.3 is 34.2 Å². The standard InChI is InChI=1S/C33H40N8O4/c1-38-11-12-41(33(38)42)15-18-45-30-19-24(3-4-25(30)21-34)26-22-35-32(36-23-26)37-29-6-5-28(20-31(29)43-2)39-9-7-27(8-10-39)40-13-16-44-17-14-40/h3-6,19-20,22-23,27H,7-18H2,1-2H3,(H,35,36,37). The molecule has 0 bridgehead atoms. The van der Waals surface area contributed by atoms with E-state index in [0.717, 1.165) is 80.5 Å². The first-order valence-electron chi connectivity index (χ1n) is 15.5. The average molecular weight is 613 g/mol. The molecule has 0 radical (unpaired) electrons. The van der Waals surface area contributed by atoms with Gasteiger partial charge in [0.1, 0.15) is 24.2 Å². The van der Waals surface area contributed by atoms with E-state index in [-0.39, 0.29) is 6.03 Å². The molecule has 12 nitrogen and oxygen atoms in total. The largest absolute Gasteiger partial charge is 0.494 e. The molecule has 3 fully saturated rings. The minimum absolute atomic E-state index is 0.00734. The first-order chi connectivity index (χ1) is 22.0. The van der Waals surface area contributed by atoms with Crippen LogP contribution in [-0.2, 0) is 4.74 Å². The van der Waals surface area contributed by atoms with Crippen LogP contribution in [0.4, 0.5) is 22.1 Å². The molecule has 0 aliphatic carbocycles. The zero-order valence-corrected chi connectivity index (χ0v) is 25.9. The molecule has 0 spiro atoms. The summed E-state index contributed by atoms with van der Waals surface area (Å²) in [6.07, 6.45) is 5.76. The van der Waals surface area contributed by atoms with Crippen molar-refractivity contribution in [2.24, 2.45) is 0 Å². The van der Waals surface area contributed by atoms with E-state index in [9.17, 15) is 10.1 Å². The number of hydrogen-bond donors (Lipinski definition) is 1. The number of carbonyl (C=O) groups is 1. The monoisotopic (exact) mass is 612 g/mol. The second kappa shape index (κ2) is 14.0. The molecule has 6 rings (SSSR count). The van der Waals surface area contributed by atoms with Gasteiger partial charge in [-0.15, -0.1) is 0 Å². The fourth-order valence-electron chi connectivity index (χ4n) is 6.16. The summed E-state index contributed by atoms with van der Waals surface area (Å²) < 4.78 is 17.2. The van der Waals surface area contributed by atoms with E-state index in [2.05, 4.69) is 43.3 Å². The van der Waals surface area contributed by atoms with Crippen LogP contribution in [0.5, 0.6) is 11.5 Å². The van der Waals surface area contributed by atoms with Gasteiger partial charge in [0.25, 0.3) is 0 Å². The molecule has 3 saturated heterocycles. The predicted octanol–water partition coefficient (Wildman–Crippen LogP) is 3.81. The molecule has 12 heteroatoms. The van der Waals surface area contributed by atoms with Crippen LogP contribution in [0.1, 0.15) is 18.4 Å². The fourth-order valence-corrected chi connectivity index (χ4v) is 6.16. The summed E-state index contributed by atoms with van der Waals surface area (Å²) in [5.41, 5.74) is 3.97. The number of nitrogens with one attached hydrogen (secondary N) is 1. The maximum atomic E-state index is 12.1. The van der Waals surface area contributed by atoms with Crippen molar-refractivity contribution >= 4 is 23.4 Å². The second-order valence-electron chi connectivity index (χ2n) is 11.5. The summed E-state index contributed by atoms with van der Waals surface area (Å²) in [7, 11) is 3.46. The van der Waals surface area contributed by atoms with E-state index in [4.69, 9.17) is 14.2 Å². The number of urea groups is 1. The summed E-state index contributed by atoms with van der Waals surface area (Å²) in [5, 5.41) is 12.9. The number of amides is 2. The highest BCUT2D eigenvalue weighted by Gasteiger charge is 2.27. The Balaban J connectivity index is 1.07. The third-order valence-corrected chi connectivity index (χ3v) is 8.83. The van der Waals surface area contributed by atoms with Crippen molar-refractivity contribution in [3.63, 3.8) is 0 Å². The van der Waals surface area contributed by atoms with Gasteiger partial charge in [-0.3, -0.25) is 4.90 Å². The number of nitrogens with zero attached hydrogens (tertiary/aromatic N) is 7. The van der Waals surface area contributed by atoms with Crippen LogP contribution in [-0.4, -0.2) is 117 Å². The smallest absolute Gasteiger partial charge is 0.319 e. The van der Waals surface area contributed by atoms with Crippen molar-refractivity contribution < 1.29 is 19.0 Å². The van der Waals surface area contributed by atoms with Crippen molar-refractivity contribution in [3.8, 4) is 28.7 Å². The quantitative estimate of drug-likeness (QED) is 0.362. The molecular weight excluding hydrogens is 572 g/mol. The van der Waals surface area contributed by atoms with Crippen molar-refractivity contribution in [3.05, 3.63) is 54.4 Å². The molecule has 0 atom stereocenters. The van der Waals surface area contributed by atoms with E-state index in [1.807, 2.05) is 18.2 Å². The highest BCUT2D eigenvalue weighted by molar-refractivity contribution is 5.76. The summed E-state index contributed by atoms with van der Waals surface area (Å²) in [5.74, 6) is 1.64. The number of anilines is 3. The highest BCUT2D eigenvalue weighted by Crippen LogP contribution is 2.33. The Morgan fingerprint density at radius 3 is 2.44 bits per heavy atom. The number of morpholine rings is 1. The number of nitriles is 1. The van der Waals surface area contributed by atoms with Crippen molar-refractivity contribution in [1.82, 2.24) is 24.7 Å². The van der Waals surface area contributed by atoms with Gasteiger partial charge >= 0.3 is 6.03 Å². The maximum Gasteiger partial charge on any atom is 0.319 e.